The number of nitrogens with one attached hydrogen (secondary N) is 1. The number of carbonyl (C=O) groups is 1. The predicted octanol–water partition coefficient (Wildman–Crippen LogP) is 3.15. The SMILES string of the molecule is Cc1c(OCC(=O)NCC2(c3ccccc3)CCOCC2)cccc1[N+](=O)[O-]. The second-order valence-corrected chi connectivity index (χ2v) is 6.98. The van der Waals surface area contributed by atoms with Gasteiger partial charge in [-0.2, -0.15) is 0 Å². The summed E-state index contributed by atoms with van der Waals surface area (Å²) in [6, 6.07) is 14.7. The van der Waals surface area contributed by atoms with Gasteiger partial charge in [-0.3, -0.25) is 14.9 Å². The molecule has 1 saturated heterocycles. The Bertz CT molecular complexity index is 832. The van der Waals surface area contributed by atoms with E-state index < -0.39 is 4.92 Å². The van der Waals surface area contributed by atoms with Crippen LogP contribution in [0.15, 0.2) is 48.5 Å². The van der Waals surface area contributed by atoms with Gasteiger partial charge in [0.05, 0.1) is 10.5 Å². The molecule has 1 fully saturated rings. The molecule has 0 bridgehead atoms. The summed E-state index contributed by atoms with van der Waals surface area (Å²) in [7, 11) is 0. The van der Waals surface area contributed by atoms with Crippen LogP contribution in [-0.4, -0.2) is 37.2 Å². The molecule has 0 saturated carbocycles. The highest BCUT2D eigenvalue weighted by molar-refractivity contribution is 5.77. The fourth-order valence-corrected chi connectivity index (χ4v) is 3.54. The van der Waals surface area contributed by atoms with E-state index in [0.29, 0.717) is 31.1 Å². The number of nitrogens with zero attached hydrogens (tertiary/aromatic N) is 1. The van der Waals surface area contributed by atoms with Crippen LogP contribution >= 0.6 is 0 Å². The lowest BCUT2D eigenvalue weighted by Crippen LogP contribution is -2.45. The van der Waals surface area contributed by atoms with Gasteiger partial charge in [-0.15, -0.1) is 0 Å². The molecule has 28 heavy (non-hydrogen) atoms. The van der Waals surface area contributed by atoms with Gasteiger partial charge in [0, 0.05) is 31.2 Å². The Morgan fingerprint density at radius 2 is 1.89 bits per heavy atom. The Morgan fingerprint density at radius 3 is 2.57 bits per heavy atom. The van der Waals surface area contributed by atoms with Crippen molar-refractivity contribution in [3.05, 3.63) is 69.8 Å². The molecule has 148 valence electrons. The van der Waals surface area contributed by atoms with Crippen LogP contribution in [0.4, 0.5) is 5.69 Å². The Morgan fingerprint density at radius 1 is 1.18 bits per heavy atom. The number of nitro benzene ring substituents is 1. The molecule has 7 nitrogen and oxygen atoms in total. The second kappa shape index (κ2) is 8.84. The lowest BCUT2D eigenvalue weighted by molar-refractivity contribution is -0.385. The number of nitro groups is 1. The Kier molecular flexibility index (Phi) is 6.26. The molecule has 0 unspecified atom stereocenters. The summed E-state index contributed by atoms with van der Waals surface area (Å²) in [5.74, 6) is 0.0842. The van der Waals surface area contributed by atoms with E-state index in [2.05, 4.69) is 17.4 Å². The van der Waals surface area contributed by atoms with Gasteiger partial charge in [0.1, 0.15) is 5.75 Å². The third-order valence-corrected chi connectivity index (χ3v) is 5.27. The van der Waals surface area contributed by atoms with E-state index in [-0.39, 0.29) is 23.6 Å². The first-order valence-corrected chi connectivity index (χ1v) is 9.29. The third-order valence-electron chi connectivity index (χ3n) is 5.27. The molecular formula is C21H24N2O5. The molecule has 0 radical (unpaired) electrons. The summed E-state index contributed by atoms with van der Waals surface area (Å²) in [6.45, 7) is 3.24. The van der Waals surface area contributed by atoms with Gasteiger partial charge in [-0.1, -0.05) is 36.4 Å². The molecule has 0 spiro atoms. The van der Waals surface area contributed by atoms with Crippen LogP contribution in [-0.2, 0) is 14.9 Å². The van der Waals surface area contributed by atoms with Crippen molar-refractivity contribution in [3.8, 4) is 5.75 Å². The Labute approximate surface area is 163 Å². The quantitative estimate of drug-likeness (QED) is 0.585. The smallest absolute Gasteiger partial charge is 0.276 e. The molecule has 0 atom stereocenters. The number of amides is 1. The van der Waals surface area contributed by atoms with Crippen LogP contribution < -0.4 is 10.1 Å². The van der Waals surface area contributed by atoms with Crippen molar-refractivity contribution >= 4 is 11.6 Å². The summed E-state index contributed by atoms with van der Waals surface area (Å²) < 4.78 is 11.0. The van der Waals surface area contributed by atoms with Gasteiger partial charge < -0.3 is 14.8 Å². The number of hydrogen-bond donors (Lipinski definition) is 1. The maximum atomic E-state index is 12.4. The van der Waals surface area contributed by atoms with Crippen LogP contribution in [0.2, 0.25) is 0 Å². The lowest BCUT2D eigenvalue weighted by Gasteiger charge is -2.38. The monoisotopic (exact) mass is 384 g/mol. The van der Waals surface area contributed by atoms with Crippen molar-refractivity contribution in [2.24, 2.45) is 0 Å². The van der Waals surface area contributed by atoms with Crippen molar-refractivity contribution < 1.29 is 19.2 Å². The van der Waals surface area contributed by atoms with E-state index in [1.54, 1.807) is 19.1 Å². The van der Waals surface area contributed by atoms with Crippen LogP contribution in [0.1, 0.15) is 24.0 Å². The van der Waals surface area contributed by atoms with Crippen molar-refractivity contribution in [1.29, 1.82) is 0 Å². The van der Waals surface area contributed by atoms with E-state index in [4.69, 9.17) is 9.47 Å². The zero-order chi connectivity index (χ0) is 20.0. The van der Waals surface area contributed by atoms with E-state index in [1.165, 1.54) is 11.6 Å². The third kappa shape index (κ3) is 4.48. The molecule has 0 aliphatic carbocycles. The fourth-order valence-electron chi connectivity index (χ4n) is 3.54. The minimum Gasteiger partial charge on any atom is -0.483 e. The number of hydrogen-bond acceptors (Lipinski definition) is 5. The van der Waals surface area contributed by atoms with Crippen molar-refractivity contribution in [1.82, 2.24) is 5.32 Å². The van der Waals surface area contributed by atoms with E-state index in [9.17, 15) is 14.9 Å². The largest absolute Gasteiger partial charge is 0.483 e. The number of ether oxygens (including phenoxy) is 2. The fraction of sp³-hybridized carbons (Fsp3) is 0.381. The maximum Gasteiger partial charge on any atom is 0.276 e. The zero-order valence-electron chi connectivity index (χ0n) is 15.8. The molecule has 0 aromatic heterocycles. The van der Waals surface area contributed by atoms with Crippen LogP contribution in [0, 0.1) is 17.0 Å². The molecule has 1 N–H and O–H groups in total. The maximum absolute atomic E-state index is 12.4. The van der Waals surface area contributed by atoms with E-state index >= 15 is 0 Å². The van der Waals surface area contributed by atoms with Crippen LogP contribution in [0.3, 0.4) is 0 Å². The van der Waals surface area contributed by atoms with Crippen LogP contribution in [0.25, 0.3) is 0 Å². The first-order valence-electron chi connectivity index (χ1n) is 9.29. The number of rotatable bonds is 7. The summed E-state index contributed by atoms with van der Waals surface area (Å²) in [4.78, 5) is 22.9. The first-order chi connectivity index (χ1) is 13.5. The highest BCUT2D eigenvalue weighted by atomic mass is 16.6. The average Bonchev–Trinajstić information content (AvgIpc) is 2.72. The molecule has 2 aromatic rings. The van der Waals surface area contributed by atoms with Crippen LogP contribution in [0.5, 0.6) is 5.75 Å². The molecule has 1 aliphatic heterocycles. The molecule has 1 amide bonds. The van der Waals surface area contributed by atoms with Gasteiger partial charge >= 0.3 is 0 Å². The molecule has 3 rings (SSSR count). The predicted molar refractivity (Wildman–Crippen MR) is 105 cm³/mol. The Balaban J connectivity index is 1.62. The highest BCUT2D eigenvalue weighted by Gasteiger charge is 2.34. The van der Waals surface area contributed by atoms with Gasteiger partial charge in [0.25, 0.3) is 11.6 Å². The number of benzene rings is 2. The number of carbonyl (C=O) groups excluding carboxylic acids is 1. The normalized spacial score (nSPS) is 15.6. The molecule has 2 aromatic carbocycles. The summed E-state index contributed by atoms with van der Waals surface area (Å²) >= 11 is 0. The van der Waals surface area contributed by atoms with Gasteiger partial charge in [-0.25, -0.2) is 0 Å². The highest BCUT2D eigenvalue weighted by Crippen LogP contribution is 2.34. The zero-order valence-corrected chi connectivity index (χ0v) is 15.8. The molecule has 1 heterocycles. The topological polar surface area (TPSA) is 90.7 Å². The van der Waals surface area contributed by atoms with Gasteiger partial charge in [-0.05, 0) is 31.4 Å². The molecule has 1 aliphatic rings. The molecular weight excluding hydrogens is 360 g/mol. The van der Waals surface area contributed by atoms with Crippen molar-refractivity contribution in [2.45, 2.75) is 25.2 Å². The molecule has 7 heteroatoms. The van der Waals surface area contributed by atoms with Crippen molar-refractivity contribution in [2.75, 3.05) is 26.4 Å². The summed E-state index contributed by atoms with van der Waals surface area (Å²) in [6.07, 6.45) is 1.67. The lowest BCUT2D eigenvalue weighted by atomic mass is 9.74. The van der Waals surface area contributed by atoms with E-state index in [1.807, 2.05) is 18.2 Å². The van der Waals surface area contributed by atoms with E-state index in [0.717, 1.165) is 12.8 Å². The van der Waals surface area contributed by atoms with Gasteiger partial charge in [0.2, 0.25) is 0 Å². The second-order valence-electron chi connectivity index (χ2n) is 6.98. The summed E-state index contributed by atoms with van der Waals surface area (Å²) in [5.41, 5.74) is 1.42. The minimum absolute atomic E-state index is 0.0249. The summed E-state index contributed by atoms with van der Waals surface area (Å²) in [5, 5.41) is 14.0. The Hall–Kier alpha value is -2.93. The van der Waals surface area contributed by atoms with Gasteiger partial charge in [0.15, 0.2) is 6.61 Å². The van der Waals surface area contributed by atoms with Crippen molar-refractivity contribution in [3.63, 3.8) is 0 Å². The average molecular weight is 384 g/mol. The minimum atomic E-state index is -0.461. The first kappa shape index (κ1) is 19.8. The standard InChI is InChI=1S/C21H24N2O5/c1-16-18(23(25)26)8-5-9-19(16)28-14-20(24)22-15-21(10-12-27-13-11-21)17-6-3-2-4-7-17/h2-9H,10-15H2,1H3,(H,22,24).